The average molecular weight is 729 g/mol. The minimum atomic E-state index is -1.01. The fraction of sp³-hybridized carbons (Fsp3) is 0.605. The van der Waals surface area contributed by atoms with Crippen molar-refractivity contribution >= 4 is 29.7 Å². The lowest BCUT2D eigenvalue weighted by atomic mass is 9.84. The summed E-state index contributed by atoms with van der Waals surface area (Å²) in [5.74, 6) is -2.29. The Morgan fingerprint density at radius 1 is 1.06 bits per heavy atom. The Morgan fingerprint density at radius 3 is 2.29 bits per heavy atom. The van der Waals surface area contributed by atoms with E-state index in [2.05, 4.69) is 10.6 Å². The number of ketones is 2. The van der Waals surface area contributed by atoms with Crippen LogP contribution in [0.25, 0.3) is 0 Å². The second kappa shape index (κ2) is 18.5. The predicted octanol–water partition coefficient (Wildman–Crippen LogP) is 3.75. The van der Waals surface area contributed by atoms with E-state index >= 15 is 0 Å². The number of allylic oxidation sites excluding steroid dienone is 4. The van der Waals surface area contributed by atoms with E-state index in [0.717, 1.165) is 6.08 Å². The van der Waals surface area contributed by atoms with Gasteiger partial charge in [0.1, 0.15) is 11.7 Å². The smallest absolute Gasteiger partial charge is 0.410 e. The zero-order valence-corrected chi connectivity index (χ0v) is 31.8. The van der Waals surface area contributed by atoms with E-state index in [0.29, 0.717) is 37.9 Å². The number of aliphatic hydroxyl groups excluding tert-OH is 1. The van der Waals surface area contributed by atoms with Crippen molar-refractivity contribution < 1.29 is 48.0 Å². The normalized spacial score (nSPS) is 30.3. The molecule has 0 unspecified atom stereocenters. The van der Waals surface area contributed by atoms with Crippen molar-refractivity contribution in [3.8, 4) is 0 Å². The lowest BCUT2D eigenvalue weighted by Crippen LogP contribution is -2.47. The molecule has 0 aromatic heterocycles. The summed E-state index contributed by atoms with van der Waals surface area (Å²) < 4.78 is 22.2. The highest BCUT2D eigenvalue weighted by atomic mass is 16.6. The van der Waals surface area contributed by atoms with Gasteiger partial charge in [0.05, 0.1) is 23.6 Å². The SMILES string of the molecule is CO[C@H]1/C=C\C=C(/C)C(=O)NC2=CC(=O)C(NC3CCN(C(=O)OC(C)(C)C)CC3)=C(C[C@@H](C)C[C@H](OC)[C@H](O)[C@@H](C)/C=C(\C)[C@@H]1OC(N)=O)C2=O. The van der Waals surface area contributed by atoms with Gasteiger partial charge < -0.3 is 45.3 Å². The number of rotatable bonds is 5. The standard InChI is InChI=1S/C38H56N4O10/c1-21-17-26-31(40-25-13-15-42(16-14-25)37(48)52-38(5,6)7)28(43)20-27(33(26)45)41-35(46)22(2)11-10-12-29(49-8)34(51-36(39)47)24(4)19-23(3)32(44)30(18-21)50-9/h10-12,19-21,23,25,29-30,32,34,40,44H,13-18H2,1-9H3,(H2,39,47)(H,41,46)/b12-10-,22-11+,24-19+/t21-,23+,29+,30+,32-,34+/m1/s1. The van der Waals surface area contributed by atoms with Gasteiger partial charge >= 0.3 is 12.2 Å². The summed E-state index contributed by atoms with van der Waals surface area (Å²) in [6.45, 7) is 13.2. The van der Waals surface area contributed by atoms with Gasteiger partial charge in [0.25, 0.3) is 5.91 Å². The molecule has 0 spiro atoms. The van der Waals surface area contributed by atoms with Crippen molar-refractivity contribution in [2.45, 2.75) is 110 Å². The number of fused-ring (bicyclic) bond motifs is 2. The Morgan fingerprint density at radius 2 is 1.71 bits per heavy atom. The molecule has 2 heterocycles. The second-order valence-corrected chi connectivity index (χ2v) is 14.8. The van der Waals surface area contributed by atoms with E-state index in [4.69, 9.17) is 24.7 Å². The van der Waals surface area contributed by atoms with Gasteiger partial charge in [-0.3, -0.25) is 14.4 Å². The van der Waals surface area contributed by atoms with E-state index in [1.165, 1.54) is 20.3 Å². The highest BCUT2D eigenvalue weighted by molar-refractivity contribution is 6.23. The molecule has 0 aromatic carbocycles. The van der Waals surface area contributed by atoms with E-state index < -0.39 is 65.6 Å². The van der Waals surface area contributed by atoms with Gasteiger partial charge in [-0.2, -0.15) is 0 Å². The lowest BCUT2D eigenvalue weighted by Gasteiger charge is -2.35. The van der Waals surface area contributed by atoms with E-state index in [1.54, 1.807) is 64.7 Å². The fourth-order valence-corrected chi connectivity index (χ4v) is 6.48. The van der Waals surface area contributed by atoms with Crippen LogP contribution in [0.15, 0.2) is 58.5 Å². The number of hydrogen-bond acceptors (Lipinski definition) is 11. The van der Waals surface area contributed by atoms with E-state index in [-0.39, 0.29) is 40.9 Å². The predicted molar refractivity (Wildman–Crippen MR) is 194 cm³/mol. The summed E-state index contributed by atoms with van der Waals surface area (Å²) in [7, 11) is 2.92. The molecule has 6 atom stereocenters. The van der Waals surface area contributed by atoms with E-state index in [9.17, 15) is 29.1 Å². The van der Waals surface area contributed by atoms with Crippen molar-refractivity contribution in [3.05, 3.63) is 58.5 Å². The third kappa shape index (κ3) is 11.6. The molecule has 0 radical (unpaired) electrons. The van der Waals surface area contributed by atoms with Gasteiger partial charge in [0.2, 0.25) is 11.6 Å². The van der Waals surface area contributed by atoms with Crippen LogP contribution in [0.2, 0.25) is 0 Å². The van der Waals surface area contributed by atoms with Crippen LogP contribution in [0, 0.1) is 11.8 Å². The summed E-state index contributed by atoms with van der Waals surface area (Å²) in [6.07, 6.45) is 4.21. The molecule has 5 N–H and O–H groups in total. The Kier molecular flexibility index (Phi) is 15.0. The first-order valence-corrected chi connectivity index (χ1v) is 17.7. The summed E-state index contributed by atoms with van der Waals surface area (Å²) in [5, 5.41) is 17.3. The van der Waals surface area contributed by atoms with Crippen LogP contribution >= 0.6 is 0 Å². The number of ether oxygens (including phenoxy) is 4. The molecule has 1 aliphatic carbocycles. The third-order valence-corrected chi connectivity index (χ3v) is 9.29. The van der Waals surface area contributed by atoms with Crippen molar-refractivity contribution in [1.29, 1.82) is 0 Å². The van der Waals surface area contributed by atoms with Crippen LogP contribution in [0.3, 0.4) is 0 Å². The number of hydrogen-bond donors (Lipinski definition) is 4. The maximum absolute atomic E-state index is 14.1. The number of nitrogens with two attached hydrogens (primary N) is 1. The topological polar surface area (TPSA) is 196 Å². The van der Waals surface area contributed by atoms with Gasteiger partial charge in [-0.05, 0) is 71.8 Å². The maximum atomic E-state index is 14.1. The number of methoxy groups -OCH3 is 2. The molecule has 3 amide bonds. The Balaban J connectivity index is 1.99. The van der Waals surface area contributed by atoms with Crippen LogP contribution < -0.4 is 16.4 Å². The lowest BCUT2D eigenvalue weighted by molar-refractivity contribution is -0.120. The molecule has 0 aromatic rings. The first kappa shape index (κ1) is 42.1. The number of nitrogens with zero attached hydrogens (tertiary/aromatic N) is 1. The van der Waals surface area contributed by atoms with Crippen molar-refractivity contribution in [1.82, 2.24) is 15.5 Å². The zero-order valence-electron chi connectivity index (χ0n) is 31.8. The van der Waals surface area contributed by atoms with Gasteiger partial charge in [-0.1, -0.05) is 38.2 Å². The maximum Gasteiger partial charge on any atom is 0.410 e. The molecule has 1 fully saturated rings. The molecule has 52 heavy (non-hydrogen) atoms. The first-order valence-electron chi connectivity index (χ1n) is 17.7. The molecule has 0 saturated carbocycles. The van der Waals surface area contributed by atoms with Crippen LogP contribution in [-0.4, -0.2) is 103 Å². The van der Waals surface area contributed by atoms with Gasteiger partial charge in [-0.15, -0.1) is 0 Å². The highest BCUT2D eigenvalue weighted by Crippen LogP contribution is 2.30. The average Bonchev–Trinajstić information content (AvgIpc) is 3.06. The number of carbonyl (C=O) groups excluding carboxylic acids is 5. The largest absolute Gasteiger partial charge is 0.444 e. The fourth-order valence-electron chi connectivity index (χ4n) is 6.48. The molecular formula is C38H56N4O10. The molecule has 3 rings (SSSR count). The minimum absolute atomic E-state index is 0.147. The van der Waals surface area contributed by atoms with Gasteiger partial charge in [-0.25, -0.2) is 9.59 Å². The van der Waals surface area contributed by atoms with E-state index in [1.807, 2.05) is 6.92 Å². The van der Waals surface area contributed by atoms with Crippen molar-refractivity contribution in [2.75, 3.05) is 27.3 Å². The van der Waals surface area contributed by atoms with Crippen LogP contribution in [0.5, 0.6) is 0 Å². The first-order chi connectivity index (χ1) is 24.3. The third-order valence-electron chi connectivity index (χ3n) is 9.29. The minimum Gasteiger partial charge on any atom is -0.444 e. The monoisotopic (exact) mass is 728 g/mol. The molecule has 1 saturated heterocycles. The van der Waals surface area contributed by atoms with Crippen LogP contribution in [0.1, 0.15) is 74.1 Å². The number of aliphatic hydroxyl groups is 1. The number of amides is 3. The highest BCUT2D eigenvalue weighted by Gasteiger charge is 2.35. The number of likely N-dealkylation sites (tertiary alicyclic amines) is 1. The number of carbonyl (C=O) groups is 5. The molecule has 3 aliphatic rings. The summed E-state index contributed by atoms with van der Waals surface area (Å²) in [6, 6.07) is -0.200. The Hall–Kier alpha value is -4.27. The molecule has 2 bridgehead atoms. The van der Waals surface area contributed by atoms with Crippen molar-refractivity contribution in [3.63, 3.8) is 0 Å². The summed E-state index contributed by atoms with van der Waals surface area (Å²) in [5.41, 5.74) is 5.77. The molecule has 2 aliphatic heterocycles. The number of primary amides is 1. The number of Topliss-reactive ketones (excluding diaryl/α,β-unsaturated/α-hetero) is 1. The molecule has 288 valence electrons. The number of piperidine rings is 1. The summed E-state index contributed by atoms with van der Waals surface area (Å²) in [4.78, 5) is 67.1. The summed E-state index contributed by atoms with van der Waals surface area (Å²) >= 11 is 0. The quantitative estimate of drug-likeness (QED) is 0.238. The molecular weight excluding hydrogens is 672 g/mol. The van der Waals surface area contributed by atoms with Crippen LogP contribution in [-0.2, 0) is 33.3 Å². The zero-order chi connectivity index (χ0) is 38.9. The molecule has 14 heteroatoms. The Labute approximate surface area is 306 Å². The van der Waals surface area contributed by atoms with Gasteiger partial charge in [0, 0.05) is 56.5 Å². The van der Waals surface area contributed by atoms with Crippen molar-refractivity contribution in [2.24, 2.45) is 17.6 Å². The number of nitrogens with one attached hydrogen (secondary N) is 2. The second-order valence-electron chi connectivity index (χ2n) is 14.8. The van der Waals surface area contributed by atoms with Gasteiger partial charge in [0.15, 0.2) is 6.10 Å². The van der Waals surface area contributed by atoms with Crippen LogP contribution in [0.4, 0.5) is 9.59 Å². The molecule has 14 nitrogen and oxygen atoms in total. The Bertz CT molecular complexity index is 1510.